The molecule has 3 rings (SSSR count). The smallest absolute Gasteiger partial charge is 0.191 e. The van der Waals surface area contributed by atoms with Gasteiger partial charge in [-0.1, -0.05) is 24.3 Å². The van der Waals surface area contributed by atoms with Gasteiger partial charge in [-0.05, 0) is 49.1 Å². The predicted octanol–water partition coefficient (Wildman–Crippen LogP) is 4.25. The molecule has 29 heavy (non-hydrogen) atoms. The van der Waals surface area contributed by atoms with Crippen LogP contribution in [0.25, 0.3) is 0 Å². The van der Waals surface area contributed by atoms with Gasteiger partial charge in [-0.2, -0.15) is 0 Å². The van der Waals surface area contributed by atoms with E-state index in [4.69, 9.17) is 9.47 Å². The van der Waals surface area contributed by atoms with E-state index in [9.17, 15) is 4.39 Å². The average molecular weight is 513 g/mol. The number of aliphatic imine (C=N–C) groups is 1. The Bertz CT molecular complexity index is 841. The summed E-state index contributed by atoms with van der Waals surface area (Å²) >= 11 is 0. The fraction of sp³-hybridized carbons (Fsp3) is 0.409. The van der Waals surface area contributed by atoms with Crippen molar-refractivity contribution in [3.8, 4) is 11.5 Å². The first kappa shape index (κ1) is 23.3. The van der Waals surface area contributed by atoms with Crippen LogP contribution in [0.15, 0.2) is 47.5 Å². The fourth-order valence-corrected chi connectivity index (χ4v) is 3.34. The molecule has 0 bridgehead atoms. The topological polar surface area (TPSA) is 54.9 Å². The van der Waals surface area contributed by atoms with Gasteiger partial charge in [-0.25, -0.2) is 4.39 Å². The number of halogens is 2. The largest absolute Gasteiger partial charge is 0.493 e. The minimum atomic E-state index is -0.134. The fourth-order valence-electron chi connectivity index (χ4n) is 3.34. The lowest BCUT2D eigenvalue weighted by molar-refractivity contribution is 0.310. The number of ether oxygens (including phenoxy) is 2. The minimum Gasteiger partial charge on any atom is -0.493 e. The van der Waals surface area contributed by atoms with E-state index in [-0.39, 0.29) is 35.2 Å². The summed E-state index contributed by atoms with van der Waals surface area (Å²) in [6, 6.07) is 12.9. The third-order valence-corrected chi connectivity index (χ3v) is 5.10. The summed E-state index contributed by atoms with van der Waals surface area (Å²) in [6.45, 7) is 3.78. The third-order valence-electron chi connectivity index (χ3n) is 5.10. The van der Waals surface area contributed by atoms with Crippen molar-refractivity contribution >= 4 is 29.9 Å². The van der Waals surface area contributed by atoms with Crippen LogP contribution in [-0.4, -0.2) is 33.3 Å². The first-order valence-corrected chi connectivity index (χ1v) is 9.61. The second-order valence-corrected chi connectivity index (χ2v) is 6.96. The lowest BCUT2D eigenvalue weighted by Gasteiger charge is -2.20. The molecule has 1 fully saturated rings. The average Bonchev–Trinajstić information content (AvgIpc) is 3.50. The molecule has 0 atom stereocenters. The molecule has 0 unspecified atom stereocenters. The lowest BCUT2D eigenvalue weighted by atomic mass is 9.95. The molecule has 1 saturated carbocycles. The van der Waals surface area contributed by atoms with Crippen LogP contribution in [0.2, 0.25) is 0 Å². The zero-order chi connectivity index (χ0) is 20.0. The van der Waals surface area contributed by atoms with Crippen LogP contribution in [0.5, 0.6) is 11.5 Å². The second kappa shape index (κ2) is 10.7. The van der Waals surface area contributed by atoms with Gasteiger partial charge in [0, 0.05) is 25.6 Å². The summed E-state index contributed by atoms with van der Waals surface area (Å²) in [5.41, 5.74) is 1.71. The van der Waals surface area contributed by atoms with Crippen LogP contribution in [0.1, 0.15) is 30.9 Å². The molecule has 2 N–H and O–H groups in total. The monoisotopic (exact) mass is 513 g/mol. The van der Waals surface area contributed by atoms with Crippen molar-refractivity contribution in [1.29, 1.82) is 0 Å². The zero-order valence-corrected chi connectivity index (χ0v) is 19.5. The number of methoxy groups -OCH3 is 1. The van der Waals surface area contributed by atoms with E-state index in [0.717, 1.165) is 29.7 Å². The summed E-state index contributed by atoms with van der Waals surface area (Å²) in [4.78, 5) is 4.28. The number of rotatable bonds is 8. The van der Waals surface area contributed by atoms with E-state index in [0.29, 0.717) is 31.4 Å². The Morgan fingerprint density at radius 3 is 2.52 bits per heavy atom. The summed E-state index contributed by atoms with van der Waals surface area (Å²) in [7, 11) is 3.37. The molecule has 0 spiro atoms. The van der Waals surface area contributed by atoms with E-state index in [1.165, 1.54) is 6.07 Å². The van der Waals surface area contributed by atoms with Crippen molar-refractivity contribution in [2.75, 3.05) is 27.3 Å². The molecule has 1 aliphatic rings. The van der Waals surface area contributed by atoms with Crippen LogP contribution in [0.3, 0.4) is 0 Å². The van der Waals surface area contributed by atoms with E-state index in [2.05, 4.69) is 15.6 Å². The Kier molecular flexibility index (Phi) is 8.55. The highest BCUT2D eigenvalue weighted by atomic mass is 127. The normalized spacial score (nSPS) is 14.6. The number of benzene rings is 2. The van der Waals surface area contributed by atoms with Crippen molar-refractivity contribution in [2.24, 2.45) is 4.99 Å². The molecule has 2 aromatic rings. The Morgan fingerprint density at radius 2 is 1.90 bits per heavy atom. The Labute approximate surface area is 189 Å². The van der Waals surface area contributed by atoms with Crippen molar-refractivity contribution < 1.29 is 13.9 Å². The van der Waals surface area contributed by atoms with Gasteiger partial charge in [0.2, 0.25) is 0 Å². The molecule has 0 amide bonds. The molecular formula is C22H29FIN3O2. The number of hydrogen-bond donors (Lipinski definition) is 2. The lowest BCUT2D eigenvalue weighted by Crippen LogP contribution is -2.41. The molecule has 0 radical (unpaired) electrons. The molecule has 0 saturated heterocycles. The maximum atomic E-state index is 14.2. The molecule has 1 aliphatic carbocycles. The molecule has 5 nitrogen and oxygen atoms in total. The van der Waals surface area contributed by atoms with Crippen LogP contribution in [-0.2, 0) is 12.0 Å². The molecule has 2 aromatic carbocycles. The zero-order valence-electron chi connectivity index (χ0n) is 17.1. The maximum Gasteiger partial charge on any atom is 0.191 e. The van der Waals surface area contributed by atoms with Crippen LogP contribution < -0.4 is 20.1 Å². The van der Waals surface area contributed by atoms with Crippen molar-refractivity contribution in [3.05, 3.63) is 59.4 Å². The quantitative estimate of drug-likeness (QED) is 0.315. The van der Waals surface area contributed by atoms with Gasteiger partial charge in [0.05, 0.1) is 13.7 Å². The highest BCUT2D eigenvalue weighted by Gasteiger charge is 2.45. The Balaban J connectivity index is 0.00000300. The van der Waals surface area contributed by atoms with E-state index >= 15 is 0 Å². The molecule has 7 heteroatoms. The molecule has 158 valence electrons. The highest BCUT2D eigenvalue weighted by Crippen LogP contribution is 2.48. The maximum absolute atomic E-state index is 14.2. The molecule has 0 aliphatic heterocycles. The number of nitrogens with zero attached hydrogens (tertiary/aromatic N) is 1. The van der Waals surface area contributed by atoms with Gasteiger partial charge >= 0.3 is 0 Å². The van der Waals surface area contributed by atoms with E-state index in [1.54, 1.807) is 20.2 Å². The summed E-state index contributed by atoms with van der Waals surface area (Å²) in [6.07, 6.45) is 1.96. The van der Waals surface area contributed by atoms with Gasteiger partial charge in [0.15, 0.2) is 17.5 Å². The summed E-state index contributed by atoms with van der Waals surface area (Å²) in [5.74, 6) is 2.00. The predicted molar refractivity (Wildman–Crippen MR) is 125 cm³/mol. The van der Waals surface area contributed by atoms with Crippen molar-refractivity contribution in [1.82, 2.24) is 10.6 Å². The van der Waals surface area contributed by atoms with Crippen LogP contribution in [0.4, 0.5) is 4.39 Å². The molecule has 0 aromatic heterocycles. The Morgan fingerprint density at radius 1 is 1.14 bits per heavy atom. The van der Waals surface area contributed by atoms with Gasteiger partial charge in [0.1, 0.15) is 5.82 Å². The number of nitrogens with one attached hydrogen (secondary N) is 2. The number of hydrogen-bond acceptors (Lipinski definition) is 3. The first-order valence-electron chi connectivity index (χ1n) is 9.61. The van der Waals surface area contributed by atoms with Crippen LogP contribution >= 0.6 is 24.0 Å². The summed E-state index contributed by atoms with van der Waals surface area (Å²) < 4.78 is 25.1. The molecular weight excluding hydrogens is 484 g/mol. The molecule has 0 heterocycles. The number of guanidine groups is 1. The third kappa shape index (κ3) is 5.74. The SMILES string of the molecule is CCOc1ccc(CNC(=NC)NCC2(c3ccccc3F)CC2)cc1OC.I. The first-order chi connectivity index (χ1) is 13.6. The van der Waals surface area contributed by atoms with Gasteiger partial charge < -0.3 is 20.1 Å². The minimum absolute atomic E-state index is 0. The van der Waals surface area contributed by atoms with Gasteiger partial charge in [0.25, 0.3) is 0 Å². The van der Waals surface area contributed by atoms with Crippen molar-refractivity contribution in [3.63, 3.8) is 0 Å². The van der Waals surface area contributed by atoms with Gasteiger partial charge in [-0.3, -0.25) is 4.99 Å². The van der Waals surface area contributed by atoms with Crippen LogP contribution in [0, 0.1) is 5.82 Å². The van der Waals surface area contributed by atoms with E-state index in [1.807, 2.05) is 37.3 Å². The highest BCUT2D eigenvalue weighted by molar-refractivity contribution is 14.0. The van der Waals surface area contributed by atoms with E-state index < -0.39 is 0 Å². The van der Waals surface area contributed by atoms with Gasteiger partial charge in [-0.15, -0.1) is 24.0 Å². The van der Waals surface area contributed by atoms with Crippen molar-refractivity contribution in [2.45, 2.75) is 31.7 Å². The standard InChI is InChI=1S/C22H28FN3O2.HI/c1-4-28-19-10-9-16(13-20(19)27-3)14-25-21(24-2)26-15-22(11-12-22)17-7-5-6-8-18(17)23;/h5-10,13H,4,11-12,14-15H2,1-3H3,(H2,24,25,26);1H. The second-order valence-electron chi connectivity index (χ2n) is 6.96. The Hall–Kier alpha value is -2.03. The summed E-state index contributed by atoms with van der Waals surface area (Å²) in [5, 5.41) is 6.65.